The molecule has 0 atom stereocenters. The number of rotatable bonds is 4. The first kappa shape index (κ1) is 14.1. The zero-order valence-corrected chi connectivity index (χ0v) is 14.0. The van der Waals surface area contributed by atoms with Gasteiger partial charge in [-0.05, 0) is 47.9 Å². The number of quaternary nitrogens is 1. The minimum absolute atomic E-state index is 1.17. The second-order valence-corrected chi connectivity index (χ2v) is 7.13. The monoisotopic (exact) mass is 332 g/mol. The van der Waals surface area contributed by atoms with Crippen LogP contribution in [0.15, 0.2) is 34.8 Å². The number of fused-ring (bicyclic) bond motifs is 2. The molecule has 0 radical (unpaired) electrons. The molecule has 2 aromatic carbocycles. The predicted octanol–water partition coefficient (Wildman–Crippen LogP) is 5.25. The maximum atomic E-state index is 3.58. The van der Waals surface area contributed by atoms with Crippen molar-refractivity contribution in [1.82, 2.24) is 0 Å². The van der Waals surface area contributed by atoms with E-state index in [1.807, 2.05) is 0 Å². The van der Waals surface area contributed by atoms with E-state index in [0.29, 0.717) is 0 Å². The third-order valence-corrected chi connectivity index (χ3v) is 5.02. The summed E-state index contributed by atoms with van der Waals surface area (Å²) in [5.74, 6) is 0. The molecule has 0 saturated carbocycles. The Morgan fingerprint density at radius 2 is 1.50 bits per heavy atom. The summed E-state index contributed by atoms with van der Waals surface area (Å²) in [6.07, 6.45) is 2.55. The quantitative estimate of drug-likeness (QED) is 0.670. The standard InChI is InChI=1S/C18H23BrN/c1-3-7-20(8-4-2)12-16-9-14-5-6-18(19)11-15(14)10-17(16)13-20/h5-6,9-11H,3-4,7-8,12-13H2,1-2H3/q+1. The van der Waals surface area contributed by atoms with Crippen LogP contribution in [0.25, 0.3) is 10.8 Å². The van der Waals surface area contributed by atoms with Gasteiger partial charge < -0.3 is 4.48 Å². The zero-order valence-electron chi connectivity index (χ0n) is 12.5. The molecule has 0 bridgehead atoms. The molecule has 0 aliphatic carbocycles. The lowest BCUT2D eigenvalue weighted by molar-refractivity contribution is -0.947. The fourth-order valence-electron chi connectivity index (χ4n) is 3.81. The van der Waals surface area contributed by atoms with Crippen molar-refractivity contribution in [2.75, 3.05) is 13.1 Å². The van der Waals surface area contributed by atoms with Crippen molar-refractivity contribution >= 4 is 26.7 Å². The molecule has 0 aromatic heterocycles. The van der Waals surface area contributed by atoms with Gasteiger partial charge in [0, 0.05) is 15.6 Å². The Labute approximate surface area is 130 Å². The molecule has 1 heterocycles. The Morgan fingerprint density at radius 3 is 2.10 bits per heavy atom. The molecule has 0 fully saturated rings. The molecule has 0 spiro atoms. The van der Waals surface area contributed by atoms with Crippen LogP contribution in [-0.4, -0.2) is 17.6 Å². The first-order valence-corrected chi connectivity index (χ1v) is 8.51. The van der Waals surface area contributed by atoms with E-state index in [1.54, 1.807) is 11.1 Å². The minimum atomic E-state index is 1.17. The predicted molar refractivity (Wildman–Crippen MR) is 89.6 cm³/mol. The van der Waals surface area contributed by atoms with Gasteiger partial charge in [0.05, 0.1) is 13.1 Å². The van der Waals surface area contributed by atoms with E-state index in [4.69, 9.17) is 0 Å². The van der Waals surface area contributed by atoms with Crippen molar-refractivity contribution in [1.29, 1.82) is 0 Å². The first-order chi connectivity index (χ1) is 9.65. The van der Waals surface area contributed by atoms with Crippen LogP contribution >= 0.6 is 15.9 Å². The summed E-state index contributed by atoms with van der Waals surface area (Å²) < 4.78 is 2.44. The van der Waals surface area contributed by atoms with Crippen LogP contribution in [0.3, 0.4) is 0 Å². The van der Waals surface area contributed by atoms with E-state index >= 15 is 0 Å². The van der Waals surface area contributed by atoms with Crippen molar-refractivity contribution in [3.63, 3.8) is 0 Å². The van der Waals surface area contributed by atoms with Crippen LogP contribution in [0, 0.1) is 0 Å². The molecule has 1 aliphatic rings. The fourth-order valence-corrected chi connectivity index (χ4v) is 4.19. The minimum Gasteiger partial charge on any atom is -0.316 e. The first-order valence-electron chi connectivity index (χ1n) is 7.72. The number of hydrogen-bond donors (Lipinski definition) is 0. The lowest BCUT2D eigenvalue weighted by Crippen LogP contribution is -2.43. The average molecular weight is 333 g/mol. The van der Waals surface area contributed by atoms with E-state index in [0.717, 1.165) is 0 Å². The number of benzene rings is 2. The summed E-state index contributed by atoms with van der Waals surface area (Å²) in [5.41, 5.74) is 3.14. The number of halogens is 1. The summed E-state index contributed by atoms with van der Waals surface area (Å²) in [6, 6.07) is 11.4. The topological polar surface area (TPSA) is 0 Å². The maximum Gasteiger partial charge on any atom is 0.105 e. The van der Waals surface area contributed by atoms with Gasteiger partial charge in [0.1, 0.15) is 13.1 Å². The van der Waals surface area contributed by atoms with Gasteiger partial charge in [-0.2, -0.15) is 0 Å². The molecule has 20 heavy (non-hydrogen) atoms. The van der Waals surface area contributed by atoms with Crippen LogP contribution in [0.4, 0.5) is 0 Å². The van der Waals surface area contributed by atoms with Crippen molar-refractivity contribution in [2.24, 2.45) is 0 Å². The Hall–Kier alpha value is -0.860. The Bertz CT molecular complexity index is 627. The molecular weight excluding hydrogens is 310 g/mol. The van der Waals surface area contributed by atoms with Crippen molar-refractivity contribution in [3.05, 3.63) is 45.9 Å². The molecule has 3 rings (SSSR count). The van der Waals surface area contributed by atoms with Crippen molar-refractivity contribution in [2.45, 2.75) is 39.8 Å². The van der Waals surface area contributed by atoms with Gasteiger partial charge in [0.2, 0.25) is 0 Å². The second kappa shape index (κ2) is 5.50. The lowest BCUT2D eigenvalue weighted by Gasteiger charge is -2.33. The van der Waals surface area contributed by atoms with Crippen LogP contribution in [0.1, 0.15) is 37.8 Å². The molecule has 2 heteroatoms. The highest BCUT2D eigenvalue weighted by atomic mass is 79.9. The smallest absolute Gasteiger partial charge is 0.105 e. The SMILES string of the molecule is CCC[N+]1(CCC)Cc2cc3ccc(Br)cc3cc2C1. The summed E-state index contributed by atoms with van der Waals surface area (Å²) in [6.45, 7) is 9.69. The van der Waals surface area contributed by atoms with E-state index in [2.05, 4.69) is 60.1 Å². The Balaban J connectivity index is 2.01. The number of hydrogen-bond acceptors (Lipinski definition) is 0. The molecule has 106 valence electrons. The normalized spacial score (nSPS) is 16.6. The fraction of sp³-hybridized carbons (Fsp3) is 0.444. The van der Waals surface area contributed by atoms with E-state index in [-0.39, 0.29) is 0 Å². The highest BCUT2D eigenvalue weighted by Crippen LogP contribution is 2.34. The number of nitrogens with zero attached hydrogens (tertiary/aromatic N) is 1. The van der Waals surface area contributed by atoms with Gasteiger partial charge in [-0.1, -0.05) is 35.8 Å². The molecule has 0 amide bonds. The van der Waals surface area contributed by atoms with Gasteiger partial charge in [-0.15, -0.1) is 0 Å². The molecule has 1 nitrogen and oxygen atoms in total. The molecule has 0 N–H and O–H groups in total. The van der Waals surface area contributed by atoms with E-state index < -0.39 is 0 Å². The van der Waals surface area contributed by atoms with Gasteiger partial charge in [-0.25, -0.2) is 0 Å². The molecule has 0 unspecified atom stereocenters. The summed E-state index contributed by atoms with van der Waals surface area (Å²) in [4.78, 5) is 0. The zero-order chi connectivity index (χ0) is 14.2. The van der Waals surface area contributed by atoms with E-state index in [1.165, 1.54) is 58.7 Å². The van der Waals surface area contributed by atoms with Crippen molar-refractivity contribution < 1.29 is 4.48 Å². The molecule has 0 saturated heterocycles. The van der Waals surface area contributed by atoms with Gasteiger partial charge >= 0.3 is 0 Å². The summed E-state index contributed by atoms with van der Waals surface area (Å²) in [5, 5.41) is 2.74. The van der Waals surface area contributed by atoms with Crippen molar-refractivity contribution in [3.8, 4) is 0 Å². The van der Waals surface area contributed by atoms with Crippen LogP contribution in [0.5, 0.6) is 0 Å². The van der Waals surface area contributed by atoms with Crippen LogP contribution < -0.4 is 0 Å². The highest BCUT2D eigenvalue weighted by Gasteiger charge is 2.34. The lowest BCUT2D eigenvalue weighted by atomic mass is 10.0. The summed E-state index contributed by atoms with van der Waals surface area (Å²) >= 11 is 3.58. The molecule has 2 aromatic rings. The maximum absolute atomic E-state index is 3.58. The van der Waals surface area contributed by atoms with Gasteiger partial charge in [0.15, 0.2) is 0 Å². The van der Waals surface area contributed by atoms with Crippen LogP contribution in [-0.2, 0) is 13.1 Å². The van der Waals surface area contributed by atoms with Gasteiger partial charge in [-0.3, -0.25) is 0 Å². The summed E-state index contributed by atoms with van der Waals surface area (Å²) in [7, 11) is 0. The van der Waals surface area contributed by atoms with Gasteiger partial charge in [0.25, 0.3) is 0 Å². The Kier molecular flexibility index (Phi) is 3.87. The average Bonchev–Trinajstić information content (AvgIpc) is 2.73. The van der Waals surface area contributed by atoms with E-state index in [9.17, 15) is 0 Å². The largest absolute Gasteiger partial charge is 0.316 e. The molecular formula is C18H23BrN+. The molecule has 1 aliphatic heterocycles. The van der Waals surface area contributed by atoms with Crippen LogP contribution in [0.2, 0.25) is 0 Å². The third-order valence-electron chi connectivity index (χ3n) is 4.53. The highest BCUT2D eigenvalue weighted by molar-refractivity contribution is 9.10. The second-order valence-electron chi connectivity index (χ2n) is 6.22. The Morgan fingerprint density at radius 1 is 0.900 bits per heavy atom. The third kappa shape index (κ3) is 2.51.